The summed E-state index contributed by atoms with van der Waals surface area (Å²) in [6, 6.07) is 3.77. The fourth-order valence-electron chi connectivity index (χ4n) is 1.21. The Bertz CT molecular complexity index is 409. The summed E-state index contributed by atoms with van der Waals surface area (Å²) in [5.41, 5.74) is 6.03. The Hall–Kier alpha value is -2.04. The lowest BCUT2D eigenvalue weighted by Crippen LogP contribution is -2.08. The largest absolute Gasteiger partial charge is 0.467 e. The van der Waals surface area contributed by atoms with Crippen molar-refractivity contribution in [1.29, 1.82) is 0 Å². The van der Waals surface area contributed by atoms with E-state index >= 15 is 0 Å². The maximum absolute atomic E-state index is 5.48. The van der Waals surface area contributed by atoms with Gasteiger partial charge in [-0.25, -0.2) is 9.97 Å². The topological polar surface area (TPSA) is 77.0 Å². The molecule has 0 aromatic carbocycles. The van der Waals surface area contributed by atoms with Crippen LogP contribution in [0.25, 0.3) is 0 Å². The first-order valence-electron chi connectivity index (χ1n) is 4.63. The Labute approximate surface area is 87.3 Å². The smallest absolute Gasteiger partial charge is 0.223 e. The van der Waals surface area contributed by atoms with E-state index in [0.717, 1.165) is 5.76 Å². The van der Waals surface area contributed by atoms with E-state index in [1.54, 1.807) is 18.7 Å². The molecule has 2 aromatic heterocycles. The SMILES string of the molecule is CC(Nc1ncc(N)cn1)c1ccco1. The van der Waals surface area contributed by atoms with Gasteiger partial charge in [0.1, 0.15) is 5.76 Å². The first-order chi connectivity index (χ1) is 7.25. The lowest BCUT2D eigenvalue weighted by atomic mass is 10.2. The number of hydrogen-bond donors (Lipinski definition) is 2. The van der Waals surface area contributed by atoms with Crippen LogP contribution in [0, 0.1) is 0 Å². The van der Waals surface area contributed by atoms with Crippen LogP contribution >= 0.6 is 0 Å². The van der Waals surface area contributed by atoms with Crippen LogP contribution in [0.5, 0.6) is 0 Å². The highest BCUT2D eigenvalue weighted by Gasteiger charge is 2.08. The monoisotopic (exact) mass is 204 g/mol. The summed E-state index contributed by atoms with van der Waals surface area (Å²) in [6.07, 6.45) is 4.76. The van der Waals surface area contributed by atoms with Gasteiger partial charge in [0, 0.05) is 0 Å². The zero-order valence-corrected chi connectivity index (χ0v) is 8.34. The maximum Gasteiger partial charge on any atom is 0.223 e. The zero-order valence-electron chi connectivity index (χ0n) is 8.34. The highest BCUT2D eigenvalue weighted by Crippen LogP contribution is 2.16. The molecule has 0 spiro atoms. The Kier molecular flexibility index (Phi) is 2.53. The van der Waals surface area contributed by atoms with Gasteiger partial charge in [-0.3, -0.25) is 0 Å². The first kappa shape index (κ1) is 9.51. The average molecular weight is 204 g/mol. The van der Waals surface area contributed by atoms with Crippen LogP contribution in [-0.4, -0.2) is 9.97 Å². The molecule has 15 heavy (non-hydrogen) atoms. The van der Waals surface area contributed by atoms with Crippen molar-refractivity contribution in [2.75, 3.05) is 11.1 Å². The highest BCUT2D eigenvalue weighted by atomic mass is 16.3. The third kappa shape index (κ3) is 2.25. The summed E-state index contributed by atoms with van der Waals surface area (Å²) >= 11 is 0. The van der Waals surface area contributed by atoms with Crippen molar-refractivity contribution in [3.8, 4) is 0 Å². The molecule has 0 bridgehead atoms. The molecule has 1 unspecified atom stereocenters. The molecule has 2 heterocycles. The molecule has 0 saturated heterocycles. The van der Waals surface area contributed by atoms with E-state index in [-0.39, 0.29) is 6.04 Å². The third-order valence-electron chi connectivity index (χ3n) is 1.99. The summed E-state index contributed by atoms with van der Waals surface area (Å²) < 4.78 is 5.25. The second-order valence-electron chi connectivity index (χ2n) is 3.22. The minimum absolute atomic E-state index is 0.0311. The highest BCUT2D eigenvalue weighted by molar-refractivity contribution is 5.36. The molecule has 5 nitrogen and oxygen atoms in total. The van der Waals surface area contributed by atoms with Crippen molar-refractivity contribution in [3.05, 3.63) is 36.5 Å². The molecule has 0 aliphatic heterocycles. The quantitative estimate of drug-likeness (QED) is 0.797. The van der Waals surface area contributed by atoms with Gasteiger partial charge in [-0.05, 0) is 19.1 Å². The molecule has 2 aromatic rings. The van der Waals surface area contributed by atoms with Gasteiger partial charge < -0.3 is 15.5 Å². The summed E-state index contributed by atoms with van der Waals surface area (Å²) in [7, 11) is 0. The molecule has 0 aliphatic carbocycles. The predicted octanol–water partition coefficient (Wildman–Crippen LogP) is 1.82. The van der Waals surface area contributed by atoms with Crippen molar-refractivity contribution in [2.24, 2.45) is 0 Å². The molecule has 78 valence electrons. The number of nitrogens with zero attached hydrogens (tertiary/aromatic N) is 2. The van der Waals surface area contributed by atoms with E-state index < -0.39 is 0 Å². The molecule has 0 radical (unpaired) electrons. The minimum atomic E-state index is 0.0311. The number of hydrogen-bond acceptors (Lipinski definition) is 5. The van der Waals surface area contributed by atoms with Gasteiger partial charge >= 0.3 is 0 Å². The van der Waals surface area contributed by atoms with Crippen LogP contribution < -0.4 is 11.1 Å². The van der Waals surface area contributed by atoms with Gasteiger partial charge in [0.25, 0.3) is 0 Å². The summed E-state index contributed by atoms with van der Waals surface area (Å²) in [4.78, 5) is 8.08. The molecule has 0 fully saturated rings. The minimum Gasteiger partial charge on any atom is -0.467 e. The van der Waals surface area contributed by atoms with E-state index in [1.807, 2.05) is 19.1 Å². The van der Waals surface area contributed by atoms with E-state index in [1.165, 1.54) is 0 Å². The summed E-state index contributed by atoms with van der Waals surface area (Å²) in [6.45, 7) is 1.97. The molecular formula is C10H12N4O. The Balaban J connectivity index is 2.06. The normalized spacial score (nSPS) is 12.3. The summed E-state index contributed by atoms with van der Waals surface area (Å²) in [5.74, 6) is 1.38. The lowest BCUT2D eigenvalue weighted by molar-refractivity contribution is 0.489. The first-order valence-corrected chi connectivity index (χ1v) is 4.63. The van der Waals surface area contributed by atoms with Gasteiger partial charge in [0.15, 0.2) is 0 Å². The van der Waals surface area contributed by atoms with Crippen LogP contribution in [0.3, 0.4) is 0 Å². The Morgan fingerprint density at radius 2 is 2.13 bits per heavy atom. The molecule has 2 rings (SSSR count). The van der Waals surface area contributed by atoms with Crippen molar-refractivity contribution in [1.82, 2.24) is 9.97 Å². The number of nitrogens with one attached hydrogen (secondary N) is 1. The van der Waals surface area contributed by atoms with E-state index in [2.05, 4.69) is 15.3 Å². The van der Waals surface area contributed by atoms with Crippen molar-refractivity contribution < 1.29 is 4.42 Å². The zero-order chi connectivity index (χ0) is 10.7. The van der Waals surface area contributed by atoms with Crippen molar-refractivity contribution in [3.63, 3.8) is 0 Å². The van der Waals surface area contributed by atoms with Crippen LogP contribution in [0.15, 0.2) is 35.2 Å². The van der Waals surface area contributed by atoms with Crippen LogP contribution in [0.4, 0.5) is 11.6 Å². The molecule has 0 aliphatic rings. The van der Waals surface area contributed by atoms with E-state index in [4.69, 9.17) is 10.2 Å². The van der Waals surface area contributed by atoms with Crippen LogP contribution in [0.2, 0.25) is 0 Å². The average Bonchev–Trinajstić information content (AvgIpc) is 2.74. The predicted molar refractivity (Wildman–Crippen MR) is 57.2 cm³/mol. The van der Waals surface area contributed by atoms with Gasteiger partial charge in [-0.1, -0.05) is 0 Å². The Morgan fingerprint density at radius 1 is 1.40 bits per heavy atom. The van der Waals surface area contributed by atoms with Crippen molar-refractivity contribution in [2.45, 2.75) is 13.0 Å². The number of anilines is 2. The number of nitrogen functional groups attached to an aromatic ring is 1. The van der Waals surface area contributed by atoms with Gasteiger partial charge in [-0.15, -0.1) is 0 Å². The number of nitrogens with two attached hydrogens (primary N) is 1. The fraction of sp³-hybridized carbons (Fsp3) is 0.200. The number of rotatable bonds is 3. The van der Waals surface area contributed by atoms with Crippen molar-refractivity contribution >= 4 is 11.6 Å². The fourth-order valence-corrected chi connectivity index (χ4v) is 1.21. The third-order valence-corrected chi connectivity index (χ3v) is 1.99. The van der Waals surface area contributed by atoms with Crippen LogP contribution in [0.1, 0.15) is 18.7 Å². The molecule has 0 saturated carbocycles. The second-order valence-corrected chi connectivity index (χ2v) is 3.22. The molecular weight excluding hydrogens is 192 g/mol. The standard InChI is InChI=1S/C10H12N4O/c1-7(9-3-2-4-15-9)14-10-12-5-8(11)6-13-10/h2-7H,11H2,1H3,(H,12,13,14). The second kappa shape index (κ2) is 4.00. The van der Waals surface area contributed by atoms with Gasteiger partial charge in [0.2, 0.25) is 5.95 Å². The number of aromatic nitrogens is 2. The van der Waals surface area contributed by atoms with Gasteiger partial charge in [0.05, 0.1) is 30.4 Å². The van der Waals surface area contributed by atoms with Crippen LogP contribution in [-0.2, 0) is 0 Å². The molecule has 3 N–H and O–H groups in total. The molecule has 0 amide bonds. The Morgan fingerprint density at radius 3 is 2.73 bits per heavy atom. The summed E-state index contributed by atoms with van der Waals surface area (Å²) in [5, 5.41) is 3.10. The maximum atomic E-state index is 5.48. The van der Waals surface area contributed by atoms with Gasteiger partial charge in [-0.2, -0.15) is 0 Å². The molecule has 5 heteroatoms. The number of furan rings is 1. The van der Waals surface area contributed by atoms with E-state index in [9.17, 15) is 0 Å². The lowest BCUT2D eigenvalue weighted by Gasteiger charge is -2.10. The molecule has 1 atom stereocenters. The van der Waals surface area contributed by atoms with E-state index in [0.29, 0.717) is 11.6 Å².